The molecule has 2 N–H and O–H groups in total. The first-order valence-corrected chi connectivity index (χ1v) is 8.22. The first-order chi connectivity index (χ1) is 11.8. The molecular weight excluding hydrogens is 320 g/mol. The van der Waals surface area contributed by atoms with E-state index in [0.29, 0.717) is 11.6 Å². The first kappa shape index (κ1) is 16.7. The van der Waals surface area contributed by atoms with Crippen molar-refractivity contribution < 1.29 is 5.11 Å². The van der Waals surface area contributed by atoms with Crippen LogP contribution in [0.1, 0.15) is 28.4 Å². The van der Waals surface area contributed by atoms with Gasteiger partial charge in [0.05, 0.1) is 18.3 Å². The van der Waals surface area contributed by atoms with Gasteiger partial charge in [-0.2, -0.15) is 0 Å². The van der Waals surface area contributed by atoms with Crippen molar-refractivity contribution >= 4 is 11.6 Å². The minimum Gasteiger partial charge on any atom is -0.392 e. The van der Waals surface area contributed by atoms with E-state index in [1.807, 2.05) is 66.7 Å². The number of halogens is 1. The molecule has 2 aromatic carbocycles. The van der Waals surface area contributed by atoms with Gasteiger partial charge in [-0.3, -0.25) is 4.98 Å². The number of nitrogens with zero attached hydrogens (tertiary/aromatic N) is 1. The van der Waals surface area contributed by atoms with E-state index in [0.717, 1.165) is 22.4 Å². The van der Waals surface area contributed by atoms with Gasteiger partial charge in [-0.25, -0.2) is 0 Å². The molecule has 24 heavy (non-hydrogen) atoms. The molecule has 0 bridgehead atoms. The highest BCUT2D eigenvalue weighted by molar-refractivity contribution is 6.30. The lowest BCUT2D eigenvalue weighted by Gasteiger charge is -2.19. The van der Waals surface area contributed by atoms with E-state index in [1.165, 1.54) is 0 Å². The summed E-state index contributed by atoms with van der Waals surface area (Å²) in [7, 11) is 0. The molecule has 0 aliphatic heterocycles. The van der Waals surface area contributed by atoms with Gasteiger partial charge in [-0.05, 0) is 41.0 Å². The predicted octanol–water partition coefficient (Wildman–Crippen LogP) is 4.11. The predicted molar refractivity (Wildman–Crippen MR) is 96.7 cm³/mol. The molecule has 3 nitrogen and oxygen atoms in total. The molecule has 1 aromatic heterocycles. The third-order valence-corrected chi connectivity index (χ3v) is 4.12. The zero-order valence-electron chi connectivity index (χ0n) is 13.2. The van der Waals surface area contributed by atoms with E-state index >= 15 is 0 Å². The Balaban J connectivity index is 1.82. The quantitative estimate of drug-likeness (QED) is 0.711. The van der Waals surface area contributed by atoms with Crippen LogP contribution in [0.5, 0.6) is 0 Å². The third kappa shape index (κ3) is 4.20. The number of hydrogen-bond acceptors (Lipinski definition) is 3. The van der Waals surface area contributed by atoms with Gasteiger partial charge in [-0.1, -0.05) is 54.1 Å². The number of rotatable bonds is 6. The van der Waals surface area contributed by atoms with E-state index in [4.69, 9.17) is 16.7 Å². The van der Waals surface area contributed by atoms with Crippen molar-refractivity contribution in [3.63, 3.8) is 0 Å². The fourth-order valence-corrected chi connectivity index (χ4v) is 2.81. The van der Waals surface area contributed by atoms with E-state index < -0.39 is 0 Å². The fourth-order valence-electron chi connectivity index (χ4n) is 2.61. The lowest BCUT2D eigenvalue weighted by atomic mass is 10.0. The normalized spacial score (nSPS) is 12.1. The van der Waals surface area contributed by atoms with Gasteiger partial charge >= 0.3 is 0 Å². The third-order valence-electron chi connectivity index (χ3n) is 3.88. The van der Waals surface area contributed by atoms with Gasteiger partial charge in [0.1, 0.15) is 0 Å². The van der Waals surface area contributed by atoms with Gasteiger partial charge in [0.2, 0.25) is 0 Å². The van der Waals surface area contributed by atoms with Crippen LogP contribution in [-0.4, -0.2) is 10.1 Å². The highest BCUT2D eigenvalue weighted by atomic mass is 35.5. The largest absolute Gasteiger partial charge is 0.392 e. The molecule has 0 amide bonds. The average molecular weight is 339 g/mol. The number of pyridine rings is 1. The second-order valence-electron chi connectivity index (χ2n) is 5.60. The Morgan fingerprint density at radius 3 is 2.42 bits per heavy atom. The van der Waals surface area contributed by atoms with Gasteiger partial charge < -0.3 is 10.4 Å². The number of nitrogens with one attached hydrogen (secondary N) is 1. The number of benzene rings is 2. The van der Waals surface area contributed by atoms with Crippen LogP contribution in [0, 0.1) is 0 Å². The Labute approximate surface area is 147 Å². The SMILES string of the molecule is OCc1ccc(CNC(c2cccc(Cl)c2)c2ccccn2)cc1. The molecule has 0 radical (unpaired) electrons. The summed E-state index contributed by atoms with van der Waals surface area (Å²) in [5.41, 5.74) is 4.09. The summed E-state index contributed by atoms with van der Waals surface area (Å²) in [6, 6.07) is 21.6. The molecule has 0 spiro atoms. The van der Waals surface area contributed by atoms with Gasteiger partial charge in [0, 0.05) is 17.8 Å². The Hall–Kier alpha value is -2.20. The zero-order valence-corrected chi connectivity index (χ0v) is 13.9. The van der Waals surface area contributed by atoms with E-state index in [1.54, 1.807) is 6.20 Å². The van der Waals surface area contributed by atoms with Crippen LogP contribution in [0.25, 0.3) is 0 Å². The molecule has 0 aliphatic rings. The molecule has 0 saturated carbocycles. The van der Waals surface area contributed by atoms with Crippen LogP contribution in [0.3, 0.4) is 0 Å². The summed E-state index contributed by atoms with van der Waals surface area (Å²) in [6.07, 6.45) is 1.80. The van der Waals surface area contributed by atoms with E-state index in [2.05, 4.69) is 10.3 Å². The lowest BCUT2D eigenvalue weighted by molar-refractivity contribution is 0.282. The molecule has 0 fully saturated rings. The Morgan fingerprint density at radius 2 is 1.75 bits per heavy atom. The van der Waals surface area contributed by atoms with E-state index in [-0.39, 0.29) is 12.6 Å². The molecular formula is C20H19ClN2O. The number of hydrogen-bond donors (Lipinski definition) is 2. The molecule has 1 heterocycles. The van der Waals surface area contributed by atoms with Crippen LogP contribution in [0.15, 0.2) is 72.9 Å². The maximum Gasteiger partial charge on any atom is 0.0754 e. The van der Waals surface area contributed by atoms with Gasteiger partial charge in [0.15, 0.2) is 0 Å². The smallest absolute Gasteiger partial charge is 0.0754 e. The van der Waals surface area contributed by atoms with Crippen LogP contribution < -0.4 is 5.32 Å². The summed E-state index contributed by atoms with van der Waals surface area (Å²) in [5, 5.41) is 13.4. The topological polar surface area (TPSA) is 45.1 Å². The summed E-state index contributed by atoms with van der Waals surface area (Å²) in [5.74, 6) is 0. The number of aliphatic hydroxyl groups is 1. The molecule has 122 valence electrons. The molecule has 1 atom stereocenters. The van der Waals surface area contributed by atoms with Crippen LogP contribution >= 0.6 is 11.6 Å². The highest BCUT2D eigenvalue weighted by Gasteiger charge is 2.15. The van der Waals surface area contributed by atoms with Crippen LogP contribution in [0.4, 0.5) is 0 Å². The van der Waals surface area contributed by atoms with Crippen LogP contribution in [-0.2, 0) is 13.2 Å². The average Bonchev–Trinajstić information content (AvgIpc) is 2.63. The minimum atomic E-state index is -0.0394. The molecule has 3 aromatic rings. The molecule has 4 heteroatoms. The van der Waals surface area contributed by atoms with Crippen molar-refractivity contribution in [2.75, 3.05) is 0 Å². The van der Waals surface area contributed by atoms with Crippen molar-refractivity contribution in [2.24, 2.45) is 0 Å². The lowest BCUT2D eigenvalue weighted by Crippen LogP contribution is -2.23. The van der Waals surface area contributed by atoms with Crippen LogP contribution in [0.2, 0.25) is 5.02 Å². The summed E-state index contributed by atoms with van der Waals surface area (Å²) >= 11 is 6.16. The van der Waals surface area contributed by atoms with Crippen molar-refractivity contribution in [2.45, 2.75) is 19.2 Å². The van der Waals surface area contributed by atoms with Crippen molar-refractivity contribution in [3.05, 3.63) is 100 Å². The minimum absolute atomic E-state index is 0.0394. The van der Waals surface area contributed by atoms with Crippen molar-refractivity contribution in [1.82, 2.24) is 10.3 Å². The Kier molecular flexibility index (Phi) is 5.59. The van der Waals surface area contributed by atoms with Gasteiger partial charge in [0.25, 0.3) is 0 Å². The monoisotopic (exact) mass is 338 g/mol. The van der Waals surface area contributed by atoms with Crippen molar-refractivity contribution in [1.29, 1.82) is 0 Å². The van der Waals surface area contributed by atoms with Crippen molar-refractivity contribution in [3.8, 4) is 0 Å². The molecule has 0 saturated heterocycles. The maximum absolute atomic E-state index is 9.13. The zero-order chi connectivity index (χ0) is 16.8. The van der Waals surface area contributed by atoms with E-state index in [9.17, 15) is 0 Å². The Bertz CT molecular complexity index is 775. The fraction of sp³-hybridized carbons (Fsp3) is 0.150. The number of aliphatic hydroxyl groups excluding tert-OH is 1. The molecule has 3 rings (SSSR count). The number of aromatic nitrogens is 1. The van der Waals surface area contributed by atoms with Gasteiger partial charge in [-0.15, -0.1) is 0 Å². The first-order valence-electron chi connectivity index (χ1n) is 7.85. The maximum atomic E-state index is 9.13. The second-order valence-corrected chi connectivity index (χ2v) is 6.03. The Morgan fingerprint density at radius 1 is 0.958 bits per heavy atom. The molecule has 1 unspecified atom stereocenters. The highest BCUT2D eigenvalue weighted by Crippen LogP contribution is 2.23. The summed E-state index contributed by atoms with van der Waals surface area (Å²) < 4.78 is 0. The molecule has 0 aliphatic carbocycles. The summed E-state index contributed by atoms with van der Waals surface area (Å²) in [4.78, 5) is 4.49. The standard InChI is InChI=1S/C20H19ClN2O/c21-18-5-3-4-17(12-18)20(19-6-1-2-11-22-19)23-13-15-7-9-16(14-24)10-8-15/h1-12,20,23-24H,13-14H2. The second kappa shape index (κ2) is 8.06. The summed E-state index contributed by atoms with van der Waals surface area (Å²) in [6.45, 7) is 0.756.